The summed E-state index contributed by atoms with van der Waals surface area (Å²) in [7, 11) is 0. The Labute approximate surface area is 200 Å². The Bertz CT molecular complexity index is 421. The van der Waals surface area contributed by atoms with Gasteiger partial charge in [-0.25, -0.2) is 0 Å². The molecule has 0 atom stereocenters. The van der Waals surface area contributed by atoms with Crippen LogP contribution in [0.15, 0.2) is 109 Å². The molecular weight excluding hydrogens is 388 g/mol. The molecular formula is C31H50O. The number of hydrogen-bond acceptors (Lipinski definition) is 1. The van der Waals surface area contributed by atoms with Gasteiger partial charge in [0.1, 0.15) is 0 Å². The van der Waals surface area contributed by atoms with E-state index < -0.39 is 0 Å². The number of hydrogen-bond donors (Lipinski definition) is 0. The van der Waals surface area contributed by atoms with Crippen molar-refractivity contribution in [3.05, 3.63) is 109 Å². The topological polar surface area (TPSA) is 9.23 Å². The largest absolute Gasteiger partial charge is 0.382 e. The molecule has 0 aromatic heterocycles. The van der Waals surface area contributed by atoms with Gasteiger partial charge in [-0.2, -0.15) is 0 Å². The lowest BCUT2D eigenvalue weighted by molar-refractivity contribution is 0.148. The average Bonchev–Trinajstić information content (AvgIpc) is 2.88. The van der Waals surface area contributed by atoms with Crippen molar-refractivity contribution in [3.8, 4) is 0 Å². The Balaban J connectivity index is -0.000000323. The number of benzene rings is 3. The lowest BCUT2D eigenvalue weighted by Crippen LogP contribution is -1.88. The third-order valence-electron chi connectivity index (χ3n) is 4.05. The Hall–Kier alpha value is -2.38. The lowest BCUT2D eigenvalue weighted by Gasteiger charge is -2.05. The summed E-state index contributed by atoms with van der Waals surface area (Å²) >= 11 is 0. The summed E-state index contributed by atoms with van der Waals surface area (Å²) in [4.78, 5) is 0. The summed E-state index contributed by atoms with van der Waals surface area (Å²) in [5.74, 6) is 0. The normalized spacial score (nSPS) is 10.7. The van der Waals surface area contributed by atoms with Crippen molar-refractivity contribution in [2.75, 3.05) is 13.2 Å². The fraction of sp³-hybridized carbons (Fsp3) is 0.419. The summed E-state index contributed by atoms with van der Waals surface area (Å²) in [6.45, 7) is 5.88. The Kier molecular flexibility index (Phi) is 35.6. The molecule has 0 amide bonds. The highest BCUT2D eigenvalue weighted by atomic mass is 16.5. The van der Waals surface area contributed by atoms with E-state index in [4.69, 9.17) is 4.74 Å². The highest BCUT2D eigenvalue weighted by molar-refractivity contribution is 5.00. The predicted molar refractivity (Wildman–Crippen MR) is 147 cm³/mol. The molecule has 1 heteroatoms. The third kappa shape index (κ3) is 32.3. The molecule has 3 aromatic carbocycles. The highest BCUT2D eigenvalue weighted by Gasteiger charge is 1.95. The third-order valence-corrected chi connectivity index (χ3v) is 4.05. The van der Waals surface area contributed by atoms with E-state index in [1.807, 2.05) is 116 Å². The summed E-state index contributed by atoms with van der Waals surface area (Å²) in [5.41, 5.74) is 0. The van der Waals surface area contributed by atoms with E-state index >= 15 is 0 Å². The maximum Gasteiger partial charge on any atom is 0.0463 e. The van der Waals surface area contributed by atoms with Crippen LogP contribution in [0.4, 0.5) is 0 Å². The quantitative estimate of drug-likeness (QED) is 0.369. The zero-order valence-corrected chi connectivity index (χ0v) is 19.2. The van der Waals surface area contributed by atoms with Crippen molar-refractivity contribution < 1.29 is 4.74 Å². The first-order valence-electron chi connectivity index (χ1n) is 11.5. The van der Waals surface area contributed by atoms with Crippen LogP contribution in [-0.4, -0.2) is 13.2 Å². The molecule has 1 aliphatic carbocycles. The van der Waals surface area contributed by atoms with Crippen molar-refractivity contribution in [1.82, 2.24) is 0 Å². The van der Waals surface area contributed by atoms with Gasteiger partial charge in [0.15, 0.2) is 0 Å². The molecule has 1 aliphatic rings. The molecule has 0 aliphatic heterocycles. The fourth-order valence-corrected chi connectivity index (χ4v) is 2.50. The molecule has 1 saturated carbocycles. The van der Waals surface area contributed by atoms with Gasteiger partial charge < -0.3 is 4.74 Å². The summed E-state index contributed by atoms with van der Waals surface area (Å²) < 4.78 is 4.98. The first-order chi connectivity index (χ1) is 14.9. The minimum absolute atomic E-state index is 0. The molecule has 4 rings (SSSR count). The summed E-state index contributed by atoms with van der Waals surface area (Å²) in [6.07, 6.45) is 10.1. The van der Waals surface area contributed by atoms with E-state index in [1.54, 1.807) is 0 Å². The van der Waals surface area contributed by atoms with E-state index in [-0.39, 0.29) is 14.9 Å². The van der Waals surface area contributed by atoms with Crippen molar-refractivity contribution in [2.24, 2.45) is 0 Å². The van der Waals surface area contributed by atoms with Crippen LogP contribution < -0.4 is 0 Å². The van der Waals surface area contributed by atoms with Crippen LogP contribution in [0.5, 0.6) is 0 Å². The summed E-state index contributed by atoms with van der Waals surface area (Å²) in [6, 6.07) is 36.0. The van der Waals surface area contributed by atoms with Gasteiger partial charge in [0.05, 0.1) is 0 Å². The maximum absolute atomic E-state index is 4.98. The number of rotatable bonds is 3. The van der Waals surface area contributed by atoms with Crippen LogP contribution in [0.1, 0.15) is 73.6 Å². The molecule has 0 heterocycles. The Morgan fingerprint density at radius 1 is 0.406 bits per heavy atom. The van der Waals surface area contributed by atoms with Gasteiger partial charge in [0.25, 0.3) is 0 Å². The molecule has 180 valence electrons. The standard InChI is InChI=1S/C6H12.3C6H6.C5H12O.2CH4/c4*1-2-4-6-5-3-1;1-3-5-6-4-2;;/h1-6H2;3*1-6H;3-5H2,1-2H3;2*1H4. The monoisotopic (exact) mass is 438 g/mol. The number of ether oxygens (including phenoxy) is 1. The van der Waals surface area contributed by atoms with Gasteiger partial charge in [0, 0.05) is 13.2 Å². The first-order valence-corrected chi connectivity index (χ1v) is 11.5. The predicted octanol–water partition coefficient (Wildman–Crippen LogP) is 10.1. The SMILES string of the molecule is C.C.C1CCCCC1.CCCOCC.c1ccccc1.c1ccccc1.c1ccccc1. The van der Waals surface area contributed by atoms with Crippen LogP contribution in [0.25, 0.3) is 0 Å². The van der Waals surface area contributed by atoms with Gasteiger partial charge in [-0.05, 0) is 13.3 Å². The molecule has 0 radical (unpaired) electrons. The molecule has 0 N–H and O–H groups in total. The van der Waals surface area contributed by atoms with E-state index in [0.29, 0.717) is 0 Å². The van der Waals surface area contributed by atoms with Crippen molar-refractivity contribution in [2.45, 2.75) is 73.6 Å². The van der Waals surface area contributed by atoms with Crippen molar-refractivity contribution in [3.63, 3.8) is 0 Å². The summed E-state index contributed by atoms with van der Waals surface area (Å²) in [5, 5.41) is 0. The first kappa shape index (κ1) is 34.2. The second kappa shape index (κ2) is 33.3. The van der Waals surface area contributed by atoms with Crippen LogP contribution >= 0.6 is 0 Å². The van der Waals surface area contributed by atoms with Crippen LogP contribution in [0.2, 0.25) is 0 Å². The second-order valence-corrected chi connectivity index (χ2v) is 6.78. The second-order valence-electron chi connectivity index (χ2n) is 6.78. The maximum atomic E-state index is 4.98. The zero-order chi connectivity index (χ0) is 21.8. The van der Waals surface area contributed by atoms with E-state index in [0.717, 1.165) is 19.6 Å². The van der Waals surface area contributed by atoms with Crippen molar-refractivity contribution in [1.29, 1.82) is 0 Å². The molecule has 0 bridgehead atoms. The molecule has 1 fully saturated rings. The molecule has 32 heavy (non-hydrogen) atoms. The van der Waals surface area contributed by atoms with E-state index in [9.17, 15) is 0 Å². The van der Waals surface area contributed by atoms with E-state index in [2.05, 4.69) is 6.92 Å². The average molecular weight is 439 g/mol. The van der Waals surface area contributed by atoms with Gasteiger partial charge in [0.2, 0.25) is 0 Å². The Morgan fingerprint density at radius 3 is 0.688 bits per heavy atom. The fourth-order valence-electron chi connectivity index (χ4n) is 2.50. The zero-order valence-electron chi connectivity index (χ0n) is 19.2. The highest BCUT2D eigenvalue weighted by Crippen LogP contribution is 2.15. The van der Waals surface area contributed by atoms with Gasteiger partial charge in [-0.15, -0.1) is 0 Å². The van der Waals surface area contributed by atoms with Gasteiger partial charge >= 0.3 is 0 Å². The molecule has 0 saturated heterocycles. The molecule has 3 aromatic rings. The van der Waals surface area contributed by atoms with Crippen LogP contribution in [0.3, 0.4) is 0 Å². The van der Waals surface area contributed by atoms with Crippen molar-refractivity contribution >= 4 is 0 Å². The lowest BCUT2D eigenvalue weighted by atomic mass is 10.0. The van der Waals surface area contributed by atoms with Gasteiger partial charge in [-0.3, -0.25) is 0 Å². The Morgan fingerprint density at radius 2 is 0.594 bits per heavy atom. The molecule has 1 nitrogen and oxygen atoms in total. The van der Waals surface area contributed by atoms with Gasteiger partial charge in [-0.1, -0.05) is 169 Å². The van der Waals surface area contributed by atoms with Crippen LogP contribution in [-0.2, 0) is 4.74 Å². The van der Waals surface area contributed by atoms with E-state index in [1.165, 1.54) is 38.5 Å². The smallest absolute Gasteiger partial charge is 0.0463 e. The molecule has 0 unspecified atom stereocenters. The van der Waals surface area contributed by atoms with Crippen LogP contribution in [0, 0.1) is 0 Å². The molecule has 0 spiro atoms. The minimum atomic E-state index is 0. The minimum Gasteiger partial charge on any atom is -0.382 e.